The van der Waals surface area contributed by atoms with Crippen LogP contribution in [0.3, 0.4) is 0 Å². The molecular weight excluding hydrogens is 554 g/mol. The Hall–Kier alpha value is -3.33. The number of hydrogen-bond donors (Lipinski definition) is 0. The zero-order chi connectivity index (χ0) is 28.9. The number of carbonyl (C=O) groups excluding carboxylic acids is 1. The number of carbonyl (C=O) groups is 1. The van der Waals surface area contributed by atoms with E-state index in [1.54, 1.807) is 47.6 Å². The highest BCUT2D eigenvalue weighted by Gasteiger charge is 2.48. The maximum Gasteiger partial charge on any atom is 0.275 e. The number of aryl methyl sites for hydroxylation is 1. The summed E-state index contributed by atoms with van der Waals surface area (Å²) in [5, 5.41) is 0.694. The molecular formula is C30H31Cl2FN4O3. The highest BCUT2D eigenvalue weighted by Crippen LogP contribution is 2.51. The molecule has 0 saturated heterocycles. The van der Waals surface area contributed by atoms with E-state index >= 15 is 0 Å². The van der Waals surface area contributed by atoms with Crippen molar-refractivity contribution in [3.63, 3.8) is 0 Å². The number of aromatic nitrogens is 2. The number of hydrogen-bond acceptors (Lipinski definition) is 5. The Bertz CT molecular complexity index is 1620. The number of nitrogens with zero attached hydrogens (tertiary/aromatic N) is 4. The minimum atomic E-state index is -0.817. The molecule has 0 bridgehead atoms. The van der Waals surface area contributed by atoms with Crippen LogP contribution in [0.5, 0.6) is 11.6 Å². The molecule has 2 aromatic carbocycles. The van der Waals surface area contributed by atoms with Crippen LogP contribution in [0.1, 0.15) is 41.5 Å². The SMILES string of the molecule is COc1cccc2nc(C(=O)N(CCN(C)C)C3c4ccc(Cl)c(Cl)c4OC3(C)C)c(-c3ccc(F)c(C)c3)n12. The summed E-state index contributed by atoms with van der Waals surface area (Å²) < 4.78 is 28.0. The standard InChI is InChI=1S/C30H31Cl2FN4O3/c1-17-16-18(10-13-21(17)33)26-25(34-22-8-7-9-23(39-6)37(22)26)29(38)36(15-14-35(4)5)28-19-11-12-20(31)24(32)27(19)40-30(28,2)3/h7-13,16,28H,14-15H2,1-6H3. The fraction of sp³-hybridized carbons (Fsp3) is 0.333. The second kappa shape index (κ2) is 10.6. The van der Waals surface area contributed by atoms with Gasteiger partial charge in [-0.3, -0.25) is 9.20 Å². The van der Waals surface area contributed by atoms with E-state index < -0.39 is 11.6 Å². The first kappa shape index (κ1) is 28.2. The molecule has 210 valence electrons. The zero-order valence-corrected chi connectivity index (χ0v) is 24.8. The van der Waals surface area contributed by atoms with Gasteiger partial charge in [-0.25, -0.2) is 9.37 Å². The van der Waals surface area contributed by atoms with Crippen LogP contribution >= 0.6 is 23.2 Å². The Labute approximate surface area is 243 Å². The van der Waals surface area contributed by atoms with E-state index in [1.165, 1.54) is 6.07 Å². The number of pyridine rings is 1. The Morgan fingerprint density at radius 1 is 1.15 bits per heavy atom. The molecule has 1 atom stereocenters. The van der Waals surface area contributed by atoms with Crippen molar-refractivity contribution in [3.8, 4) is 22.9 Å². The summed E-state index contributed by atoms with van der Waals surface area (Å²) in [7, 11) is 5.46. The monoisotopic (exact) mass is 584 g/mol. The van der Waals surface area contributed by atoms with Gasteiger partial charge in [-0.05, 0) is 76.8 Å². The Morgan fingerprint density at radius 2 is 1.90 bits per heavy atom. The van der Waals surface area contributed by atoms with E-state index in [2.05, 4.69) is 0 Å². The lowest BCUT2D eigenvalue weighted by Gasteiger charge is -2.37. The number of likely N-dealkylation sites (N-methyl/N-ethyl adjacent to an activating group) is 1. The van der Waals surface area contributed by atoms with Gasteiger partial charge >= 0.3 is 0 Å². The van der Waals surface area contributed by atoms with E-state index in [4.69, 9.17) is 37.7 Å². The van der Waals surface area contributed by atoms with Gasteiger partial charge in [0.15, 0.2) is 11.6 Å². The maximum atomic E-state index is 14.7. The summed E-state index contributed by atoms with van der Waals surface area (Å²) in [6.07, 6.45) is 0. The number of ether oxygens (including phenoxy) is 2. The number of amides is 1. The first-order valence-corrected chi connectivity index (χ1v) is 13.6. The molecule has 0 saturated carbocycles. The molecule has 7 nitrogen and oxygen atoms in total. The summed E-state index contributed by atoms with van der Waals surface area (Å²) in [5.41, 5.74) is 2.32. The van der Waals surface area contributed by atoms with Crippen LogP contribution in [0.25, 0.3) is 16.9 Å². The van der Waals surface area contributed by atoms with Gasteiger partial charge in [-0.1, -0.05) is 35.3 Å². The molecule has 1 aliphatic rings. The van der Waals surface area contributed by atoms with Crippen molar-refractivity contribution in [1.82, 2.24) is 19.2 Å². The van der Waals surface area contributed by atoms with Crippen LogP contribution in [0.15, 0.2) is 48.5 Å². The van der Waals surface area contributed by atoms with Gasteiger partial charge in [0.25, 0.3) is 5.91 Å². The van der Waals surface area contributed by atoms with E-state index in [0.717, 1.165) is 5.56 Å². The van der Waals surface area contributed by atoms with Crippen molar-refractivity contribution < 1.29 is 18.7 Å². The molecule has 5 rings (SSSR count). The average molecular weight is 586 g/mol. The molecule has 1 amide bonds. The van der Waals surface area contributed by atoms with Crippen LogP contribution in [0.4, 0.5) is 4.39 Å². The van der Waals surface area contributed by atoms with Gasteiger partial charge in [-0.2, -0.15) is 0 Å². The van der Waals surface area contributed by atoms with Gasteiger partial charge in [0, 0.05) is 24.2 Å². The topological polar surface area (TPSA) is 59.3 Å². The summed E-state index contributed by atoms with van der Waals surface area (Å²) in [6.45, 7) is 6.52. The van der Waals surface area contributed by atoms with Gasteiger partial charge < -0.3 is 19.3 Å². The van der Waals surface area contributed by atoms with E-state index in [1.807, 2.05) is 51.0 Å². The van der Waals surface area contributed by atoms with Crippen molar-refractivity contribution >= 4 is 34.8 Å². The van der Waals surface area contributed by atoms with Gasteiger partial charge in [0.2, 0.25) is 0 Å². The minimum absolute atomic E-state index is 0.221. The molecule has 0 radical (unpaired) electrons. The van der Waals surface area contributed by atoms with Crippen LogP contribution < -0.4 is 9.47 Å². The van der Waals surface area contributed by atoms with Crippen LogP contribution in [-0.4, -0.2) is 65.0 Å². The molecule has 0 fully saturated rings. The smallest absolute Gasteiger partial charge is 0.275 e. The molecule has 10 heteroatoms. The van der Waals surface area contributed by atoms with Crippen molar-refractivity contribution in [3.05, 3.63) is 81.2 Å². The van der Waals surface area contributed by atoms with Gasteiger partial charge in [-0.15, -0.1) is 0 Å². The molecule has 2 aromatic heterocycles. The summed E-state index contributed by atoms with van der Waals surface area (Å²) in [5.74, 6) is 0.335. The molecule has 0 spiro atoms. The molecule has 0 N–H and O–H groups in total. The third kappa shape index (κ3) is 4.78. The lowest BCUT2D eigenvalue weighted by Crippen LogP contribution is -2.47. The number of rotatable bonds is 7. The van der Waals surface area contributed by atoms with Crippen molar-refractivity contribution in [2.75, 3.05) is 34.3 Å². The predicted molar refractivity (Wildman–Crippen MR) is 155 cm³/mol. The first-order valence-electron chi connectivity index (χ1n) is 12.9. The lowest BCUT2D eigenvalue weighted by molar-refractivity contribution is 0.0216. The highest BCUT2D eigenvalue weighted by atomic mass is 35.5. The second-order valence-corrected chi connectivity index (χ2v) is 11.5. The summed E-state index contributed by atoms with van der Waals surface area (Å²) >= 11 is 12.9. The molecule has 1 unspecified atom stereocenters. The maximum absolute atomic E-state index is 14.7. The van der Waals surface area contributed by atoms with Crippen LogP contribution in [0, 0.1) is 12.7 Å². The summed E-state index contributed by atoms with van der Waals surface area (Å²) in [6, 6.07) is 13.3. The minimum Gasteiger partial charge on any atom is -0.483 e. The molecule has 4 aromatic rings. The van der Waals surface area contributed by atoms with Gasteiger partial charge in [0.05, 0.1) is 17.8 Å². The first-order chi connectivity index (χ1) is 18.9. The van der Waals surface area contributed by atoms with Crippen LogP contribution in [-0.2, 0) is 0 Å². The van der Waals surface area contributed by atoms with Crippen LogP contribution in [0.2, 0.25) is 10.0 Å². The molecule has 3 heterocycles. The Morgan fingerprint density at radius 3 is 2.58 bits per heavy atom. The summed E-state index contributed by atoms with van der Waals surface area (Å²) in [4.78, 5) is 23.3. The highest BCUT2D eigenvalue weighted by molar-refractivity contribution is 6.43. The van der Waals surface area contributed by atoms with Gasteiger partial charge in [0.1, 0.15) is 33.9 Å². The molecule has 40 heavy (non-hydrogen) atoms. The number of methoxy groups -OCH3 is 1. The number of imidazole rings is 1. The van der Waals surface area contributed by atoms with E-state index in [9.17, 15) is 9.18 Å². The quantitative estimate of drug-likeness (QED) is 0.242. The van der Waals surface area contributed by atoms with Crippen molar-refractivity contribution in [2.24, 2.45) is 0 Å². The zero-order valence-electron chi connectivity index (χ0n) is 23.3. The molecule has 0 aliphatic carbocycles. The fourth-order valence-electron chi connectivity index (χ4n) is 5.32. The number of halogens is 3. The lowest BCUT2D eigenvalue weighted by atomic mass is 9.92. The normalized spacial score (nSPS) is 15.8. The third-order valence-corrected chi connectivity index (χ3v) is 8.00. The van der Waals surface area contributed by atoms with Crippen molar-refractivity contribution in [2.45, 2.75) is 32.4 Å². The Kier molecular flexibility index (Phi) is 7.46. The Balaban J connectivity index is 1.74. The average Bonchev–Trinajstić information content (AvgIpc) is 3.43. The molecule has 1 aliphatic heterocycles. The van der Waals surface area contributed by atoms with E-state index in [0.29, 0.717) is 57.2 Å². The fourth-order valence-corrected chi connectivity index (χ4v) is 5.68. The predicted octanol–water partition coefficient (Wildman–Crippen LogP) is 6.68. The van der Waals surface area contributed by atoms with Crippen molar-refractivity contribution in [1.29, 1.82) is 0 Å². The number of fused-ring (bicyclic) bond motifs is 2. The third-order valence-electron chi connectivity index (χ3n) is 7.21. The second-order valence-electron chi connectivity index (χ2n) is 10.7. The number of benzene rings is 2. The van der Waals surface area contributed by atoms with E-state index in [-0.39, 0.29) is 17.4 Å². The largest absolute Gasteiger partial charge is 0.483 e.